The van der Waals surface area contributed by atoms with Crippen molar-refractivity contribution in [3.63, 3.8) is 0 Å². The van der Waals surface area contributed by atoms with Crippen molar-refractivity contribution < 1.29 is 14.3 Å². The topological polar surface area (TPSA) is 63.3 Å². The molecule has 0 aliphatic heterocycles. The average Bonchev–Trinajstić information content (AvgIpc) is 2.81. The SMILES string of the molecule is CCc1nc(CCc2ccccc2C)oc1C(=O)O. The summed E-state index contributed by atoms with van der Waals surface area (Å²) in [5.41, 5.74) is 2.98. The maximum absolute atomic E-state index is 11.0. The number of oxazole rings is 1. The van der Waals surface area contributed by atoms with Gasteiger partial charge in [0, 0.05) is 6.42 Å². The molecule has 4 heteroatoms. The molecule has 2 aromatic rings. The zero-order chi connectivity index (χ0) is 13.8. The van der Waals surface area contributed by atoms with E-state index in [4.69, 9.17) is 9.52 Å². The second-order valence-corrected chi connectivity index (χ2v) is 4.47. The number of aryl methyl sites for hydroxylation is 4. The van der Waals surface area contributed by atoms with Gasteiger partial charge in [-0.15, -0.1) is 0 Å². The van der Waals surface area contributed by atoms with Crippen LogP contribution in [0.1, 0.15) is 40.2 Å². The Labute approximate surface area is 112 Å². The number of carbonyl (C=O) groups is 1. The number of carboxylic acids is 1. The molecule has 0 bridgehead atoms. The van der Waals surface area contributed by atoms with Crippen molar-refractivity contribution in [3.05, 3.63) is 52.7 Å². The normalized spacial score (nSPS) is 10.6. The first-order valence-corrected chi connectivity index (χ1v) is 6.38. The minimum Gasteiger partial charge on any atom is -0.475 e. The standard InChI is InChI=1S/C15H17NO3/c1-3-12-14(15(17)18)19-13(16-12)9-8-11-7-5-4-6-10(11)2/h4-7H,3,8-9H2,1-2H3,(H,17,18). The largest absolute Gasteiger partial charge is 0.475 e. The summed E-state index contributed by atoms with van der Waals surface area (Å²) in [6.45, 7) is 3.93. The van der Waals surface area contributed by atoms with Gasteiger partial charge in [0.2, 0.25) is 5.76 Å². The van der Waals surface area contributed by atoms with Crippen molar-refractivity contribution in [2.45, 2.75) is 33.1 Å². The highest BCUT2D eigenvalue weighted by atomic mass is 16.4. The van der Waals surface area contributed by atoms with Crippen molar-refractivity contribution in [2.75, 3.05) is 0 Å². The van der Waals surface area contributed by atoms with Gasteiger partial charge in [-0.3, -0.25) is 0 Å². The predicted molar refractivity (Wildman–Crippen MR) is 71.4 cm³/mol. The predicted octanol–water partition coefficient (Wildman–Crippen LogP) is 3.03. The smallest absolute Gasteiger partial charge is 0.373 e. The van der Waals surface area contributed by atoms with Crippen LogP contribution in [-0.2, 0) is 19.3 Å². The summed E-state index contributed by atoms with van der Waals surface area (Å²) < 4.78 is 5.32. The van der Waals surface area contributed by atoms with Gasteiger partial charge in [0.15, 0.2) is 5.89 Å². The number of carboxylic acid groups (broad SMARTS) is 1. The van der Waals surface area contributed by atoms with E-state index in [0.717, 1.165) is 6.42 Å². The Kier molecular flexibility index (Phi) is 4.00. The zero-order valence-electron chi connectivity index (χ0n) is 11.1. The van der Waals surface area contributed by atoms with Crippen LogP contribution in [0.5, 0.6) is 0 Å². The molecule has 2 rings (SSSR count). The summed E-state index contributed by atoms with van der Waals surface area (Å²) in [6.07, 6.45) is 1.98. The fourth-order valence-corrected chi connectivity index (χ4v) is 2.05. The van der Waals surface area contributed by atoms with E-state index in [2.05, 4.69) is 24.0 Å². The number of hydrogen-bond acceptors (Lipinski definition) is 3. The summed E-state index contributed by atoms with van der Waals surface area (Å²) in [6, 6.07) is 8.13. The summed E-state index contributed by atoms with van der Waals surface area (Å²) in [7, 11) is 0. The van der Waals surface area contributed by atoms with Crippen LogP contribution in [0.4, 0.5) is 0 Å². The Morgan fingerprint density at radius 2 is 2.05 bits per heavy atom. The number of benzene rings is 1. The van der Waals surface area contributed by atoms with Crippen LogP contribution in [0.2, 0.25) is 0 Å². The molecule has 1 aromatic heterocycles. The highest BCUT2D eigenvalue weighted by Gasteiger charge is 2.17. The molecule has 0 fully saturated rings. The van der Waals surface area contributed by atoms with Gasteiger partial charge in [0.1, 0.15) is 0 Å². The molecular weight excluding hydrogens is 242 g/mol. The number of nitrogens with zero attached hydrogens (tertiary/aromatic N) is 1. The number of rotatable bonds is 5. The second-order valence-electron chi connectivity index (χ2n) is 4.47. The van der Waals surface area contributed by atoms with Crippen LogP contribution in [-0.4, -0.2) is 16.1 Å². The van der Waals surface area contributed by atoms with Gasteiger partial charge in [0.05, 0.1) is 5.69 Å². The molecule has 0 spiro atoms. The summed E-state index contributed by atoms with van der Waals surface area (Å²) in [4.78, 5) is 15.2. The van der Waals surface area contributed by atoms with E-state index >= 15 is 0 Å². The minimum atomic E-state index is -1.05. The third-order valence-corrected chi connectivity index (χ3v) is 3.14. The maximum atomic E-state index is 11.0. The average molecular weight is 259 g/mol. The van der Waals surface area contributed by atoms with E-state index in [9.17, 15) is 4.79 Å². The van der Waals surface area contributed by atoms with Gasteiger partial charge in [-0.25, -0.2) is 9.78 Å². The molecule has 0 saturated heterocycles. The molecule has 0 aliphatic carbocycles. The van der Waals surface area contributed by atoms with Crippen molar-refractivity contribution in [1.29, 1.82) is 0 Å². The quantitative estimate of drug-likeness (QED) is 0.896. The number of hydrogen-bond donors (Lipinski definition) is 1. The van der Waals surface area contributed by atoms with Crippen LogP contribution >= 0.6 is 0 Å². The van der Waals surface area contributed by atoms with Crippen LogP contribution in [0, 0.1) is 6.92 Å². The summed E-state index contributed by atoms with van der Waals surface area (Å²) >= 11 is 0. The number of aromatic nitrogens is 1. The summed E-state index contributed by atoms with van der Waals surface area (Å²) in [5.74, 6) is -0.578. The Bertz CT molecular complexity index is 587. The lowest BCUT2D eigenvalue weighted by molar-refractivity contribution is 0.0659. The number of aromatic carboxylic acids is 1. The lowest BCUT2D eigenvalue weighted by Crippen LogP contribution is -1.98. The summed E-state index contributed by atoms with van der Waals surface area (Å²) in [5, 5.41) is 9.01. The van der Waals surface area contributed by atoms with Gasteiger partial charge >= 0.3 is 5.97 Å². The van der Waals surface area contributed by atoms with E-state index in [0.29, 0.717) is 24.4 Å². The molecule has 0 aliphatic rings. The van der Waals surface area contributed by atoms with Crippen molar-refractivity contribution >= 4 is 5.97 Å². The van der Waals surface area contributed by atoms with Crippen molar-refractivity contribution in [3.8, 4) is 0 Å². The van der Waals surface area contributed by atoms with Crippen LogP contribution in [0.3, 0.4) is 0 Å². The van der Waals surface area contributed by atoms with Gasteiger partial charge < -0.3 is 9.52 Å². The molecule has 100 valence electrons. The third-order valence-electron chi connectivity index (χ3n) is 3.14. The first-order chi connectivity index (χ1) is 9.11. The molecule has 4 nitrogen and oxygen atoms in total. The highest BCUT2D eigenvalue weighted by molar-refractivity contribution is 5.85. The van der Waals surface area contributed by atoms with E-state index in [1.807, 2.05) is 19.1 Å². The molecule has 1 aromatic carbocycles. The lowest BCUT2D eigenvalue weighted by Gasteiger charge is -2.02. The lowest BCUT2D eigenvalue weighted by atomic mass is 10.0. The van der Waals surface area contributed by atoms with Gasteiger partial charge in [-0.1, -0.05) is 31.2 Å². The van der Waals surface area contributed by atoms with E-state index < -0.39 is 5.97 Å². The molecule has 0 unspecified atom stereocenters. The molecule has 19 heavy (non-hydrogen) atoms. The highest BCUT2D eigenvalue weighted by Crippen LogP contribution is 2.15. The molecule has 0 radical (unpaired) electrons. The molecular formula is C15H17NO3. The third kappa shape index (κ3) is 3.02. The fraction of sp³-hybridized carbons (Fsp3) is 0.333. The van der Waals surface area contributed by atoms with E-state index in [1.54, 1.807) is 0 Å². The second kappa shape index (κ2) is 5.69. The Balaban J connectivity index is 2.12. The van der Waals surface area contributed by atoms with Crippen LogP contribution < -0.4 is 0 Å². The van der Waals surface area contributed by atoms with E-state index in [1.165, 1.54) is 11.1 Å². The first-order valence-electron chi connectivity index (χ1n) is 6.38. The van der Waals surface area contributed by atoms with Gasteiger partial charge in [0.25, 0.3) is 0 Å². The van der Waals surface area contributed by atoms with Crippen molar-refractivity contribution in [1.82, 2.24) is 4.98 Å². The Hall–Kier alpha value is -2.10. The Morgan fingerprint density at radius 3 is 2.63 bits per heavy atom. The molecule has 0 saturated carbocycles. The van der Waals surface area contributed by atoms with Crippen molar-refractivity contribution in [2.24, 2.45) is 0 Å². The Morgan fingerprint density at radius 1 is 1.32 bits per heavy atom. The van der Waals surface area contributed by atoms with E-state index in [-0.39, 0.29) is 5.76 Å². The van der Waals surface area contributed by atoms with Gasteiger partial charge in [-0.05, 0) is 30.9 Å². The first kappa shape index (κ1) is 13.3. The zero-order valence-corrected chi connectivity index (χ0v) is 11.1. The maximum Gasteiger partial charge on any atom is 0.373 e. The molecule has 1 heterocycles. The fourth-order valence-electron chi connectivity index (χ4n) is 2.05. The van der Waals surface area contributed by atoms with Crippen LogP contribution in [0.25, 0.3) is 0 Å². The monoisotopic (exact) mass is 259 g/mol. The molecule has 0 atom stereocenters. The minimum absolute atomic E-state index is 0.0257. The van der Waals surface area contributed by atoms with Crippen LogP contribution in [0.15, 0.2) is 28.7 Å². The molecule has 1 N–H and O–H groups in total. The van der Waals surface area contributed by atoms with Gasteiger partial charge in [-0.2, -0.15) is 0 Å². The molecule has 0 amide bonds.